The van der Waals surface area contributed by atoms with Crippen LogP contribution in [0.1, 0.15) is 35.6 Å². The van der Waals surface area contributed by atoms with Crippen LogP contribution >= 0.6 is 0 Å². The van der Waals surface area contributed by atoms with E-state index < -0.39 is 0 Å². The molecule has 4 heteroatoms. The van der Waals surface area contributed by atoms with Crippen LogP contribution in [0.3, 0.4) is 0 Å². The van der Waals surface area contributed by atoms with Crippen molar-refractivity contribution in [2.75, 3.05) is 13.2 Å². The molecule has 0 atom stereocenters. The van der Waals surface area contributed by atoms with Crippen molar-refractivity contribution in [2.24, 2.45) is 0 Å². The quantitative estimate of drug-likeness (QED) is 0.689. The molecule has 1 rings (SSSR count). The van der Waals surface area contributed by atoms with E-state index in [0.717, 1.165) is 11.4 Å². The molecule has 0 aliphatic rings. The van der Waals surface area contributed by atoms with E-state index in [1.165, 1.54) is 0 Å². The summed E-state index contributed by atoms with van der Waals surface area (Å²) >= 11 is 0. The number of nitrogens with zero attached hydrogens (tertiary/aromatic N) is 2. The maximum atomic E-state index is 11.7. The average Bonchev–Trinajstić information content (AvgIpc) is 2.25. The van der Waals surface area contributed by atoms with E-state index in [1.54, 1.807) is 6.07 Å². The lowest BCUT2D eigenvalue weighted by molar-refractivity contribution is 0.0781. The van der Waals surface area contributed by atoms with Gasteiger partial charge in [-0.3, -0.25) is 4.79 Å². The third-order valence-electron chi connectivity index (χ3n) is 2.07. The number of aryl methyl sites for hydroxylation is 2. The molecule has 0 saturated heterocycles. The first-order chi connectivity index (χ1) is 7.19. The number of carbonyl (C=O) groups is 1. The van der Waals surface area contributed by atoms with Gasteiger partial charge in [0.15, 0.2) is 5.78 Å². The molecule has 0 spiro atoms. The Morgan fingerprint density at radius 1 is 1.40 bits per heavy atom. The van der Waals surface area contributed by atoms with Crippen LogP contribution < -0.4 is 0 Å². The van der Waals surface area contributed by atoms with E-state index in [9.17, 15) is 4.79 Å². The van der Waals surface area contributed by atoms with Gasteiger partial charge in [-0.05, 0) is 26.3 Å². The van der Waals surface area contributed by atoms with E-state index in [2.05, 4.69) is 10.2 Å². The van der Waals surface area contributed by atoms with Crippen molar-refractivity contribution in [1.82, 2.24) is 10.2 Å². The zero-order chi connectivity index (χ0) is 11.3. The molecule has 0 N–H and O–H groups in total. The van der Waals surface area contributed by atoms with E-state index >= 15 is 0 Å². The summed E-state index contributed by atoms with van der Waals surface area (Å²) in [5.74, 6) is -0.0216. The van der Waals surface area contributed by atoms with Crippen LogP contribution in [0.25, 0.3) is 0 Å². The molecule has 0 unspecified atom stereocenters. The Balaban J connectivity index is 2.90. The zero-order valence-electron chi connectivity index (χ0n) is 9.41. The van der Waals surface area contributed by atoms with Crippen molar-refractivity contribution in [3.8, 4) is 0 Å². The Bertz CT molecular complexity index is 350. The van der Waals surface area contributed by atoms with Crippen molar-refractivity contribution in [2.45, 2.75) is 27.2 Å². The largest absolute Gasteiger partial charge is 0.374 e. The van der Waals surface area contributed by atoms with Gasteiger partial charge < -0.3 is 4.74 Å². The van der Waals surface area contributed by atoms with Crippen LogP contribution in [-0.4, -0.2) is 29.2 Å². The smallest absolute Gasteiger partial charge is 0.190 e. The van der Waals surface area contributed by atoms with Crippen LogP contribution in [0.4, 0.5) is 0 Å². The Morgan fingerprint density at radius 3 is 2.73 bits per heavy atom. The molecule has 0 aliphatic heterocycles. The summed E-state index contributed by atoms with van der Waals surface area (Å²) in [6.07, 6.45) is 0.709. The lowest BCUT2D eigenvalue weighted by Gasteiger charge is -2.06. The number of hydrogen-bond acceptors (Lipinski definition) is 4. The summed E-state index contributed by atoms with van der Waals surface area (Å²) in [5, 5.41) is 7.93. The maximum Gasteiger partial charge on any atom is 0.190 e. The molecular weight excluding hydrogens is 192 g/mol. The standard InChI is InChI=1S/C11H16N2O2/c1-4-10-9(6-8(3)12-13-10)11(14)7-15-5-2/h6H,4-5,7H2,1-3H3. The first-order valence-electron chi connectivity index (χ1n) is 5.13. The molecule has 0 amide bonds. The lowest BCUT2D eigenvalue weighted by atomic mass is 10.1. The molecule has 4 nitrogen and oxygen atoms in total. The molecule has 0 fully saturated rings. The summed E-state index contributed by atoms with van der Waals surface area (Å²) in [6.45, 7) is 6.31. The van der Waals surface area contributed by atoms with E-state index in [1.807, 2.05) is 20.8 Å². The van der Waals surface area contributed by atoms with Crippen LogP contribution in [0.5, 0.6) is 0 Å². The van der Waals surface area contributed by atoms with Crippen molar-refractivity contribution < 1.29 is 9.53 Å². The van der Waals surface area contributed by atoms with E-state index in [-0.39, 0.29) is 12.4 Å². The highest BCUT2D eigenvalue weighted by atomic mass is 16.5. The van der Waals surface area contributed by atoms with Crippen molar-refractivity contribution in [3.63, 3.8) is 0 Å². The normalized spacial score (nSPS) is 10.3. The van der Waals surface area contributed by atoms with Crippen LogP contribution in [0.15, 0.2) is 6.07 Å². The third kappa shape index (κ3) is 3.09. The molecule has 0 saturated carbocycles. The predicted molar refractivity (Wildman–Crippen MR) is 57.0 cm³/mol. The highest BCUT2D eigenvalue weighted by Gasteiger charge is 2.12. The minimum absolute atomic E-state index is 0.0216. The molecular formula is C11H16N2O2. The van der Waals surface area contributed by atoms with E-state index in [4.69, 9.17) is 4.74 Å². The molecule has 0 bridgehead atoms. The van der Waals surface area contributed by atoms with Crippen LogP contribution in [0, 0.1) is 6.92 Å². The average molecular weight is 208 g/mol. The Hall–Kier alpha value is -1.29. The first kappa shape index (κ1) is 11.8. The van der Waals surface area contributed by atoms with Gasteiger partial charge in [-0.25, -0.2) is 0 Å². The minimum Gasteiger partial charge on any atom is -0.374 e. The fourth-order valence-electron chi connectivity index (χ4n) is 1.29. The van der Waals surface area contributed by atoms with Gasteiger partial charge in [0.2, 0.25) is 0 Å². The summed E-state index contributed by atoms with van der Waals surface area (Å²) in [5.41, 5.74) is 2.14. The second-order valence-corrected chi connectivity index (χ2v) is 3.26. The van der Waals surface area contributed by atoms with Gasteiger partial charge in [-0.1, -0.05) is 6.92 Å². The first-order valence-corrected chi connectivity index (χ1v) is 5.13. The summed E-state index contributed by atoms with van der Waals surface area (Å²) in [4.78, 5) is 11.7. The molecule has 15 heavy (non-hydrogen) atoms. The number of rotatable bonds is 5. The monoisotopic (exact) mass is 208 g/mol. The Morgan fingerprint density at radius 2 is 2.13 bits per heavy atom. The SMILES string of the molecule is CCOCC(=O)c1cc(C)nnc1CC. The molecule has 1 aromatic heterocycles. The lowest BCUT2D eigenvalue weighted by Crippen LogP contribution is -2.13. The molecule has 0 aromatic carbocycles. The van der Waals surface area contributed by atoms with E-state index in [0.29, 0.717) is 18.6 Å². The van der Waals surface area contributed by atoms with Gasteiger partial charge in [0, 0.05) is 12.2 Å². The molecule has 0 radical (unpaired) electrons. The number of hydrogen-bond donors (Lipinski definition) is 0. The number of Topliss-reactive ketones (excluding diaryl/α,β-unsaturated/α-hetero) is 1. The van der Waals surface area contributed by atoms with Crippen LogP contribution in [0.2, 0.25) is 0 Å². The third-order valence-corrected chi connectivity index (χ3v) is 2.07. The number of aromatic nitrogens is 2. The molecule has 0 aliphatic carbocycles. The summed E-state index contributed by atoms with van der Waals surface area (Å²) in [7, 11) is 0. The maximum absolute atomic E-state index is 11.7. The number of ether oxygens (including phenoxy) is 1. The van der Waals surface area contributed by atoms with Crippen molar-refractivity contribution in [3.05, 3.63) is 23.0 Å². The van der Waals surface area contributed by atoms with Gasteiger partial charge in [0.25, 0.3) is 0 Å². The minimum atomic E-state index is -0.0216. The predicted octanol–water partition coefficient (Wildman–Crippen LogP) is 1.57. The second kappa shape index (κ2) is 5.56. The Kier molecular flexibility index (Phi) is 4.37. The summed E-state index contributed by atoms with van der Waals surface area (Å²) in [6, 6.07) is 1.77. The molecule has 82 valence electrons. The molecule has 1 aromatic rings. The summed E-state index contributed by atoms with van der Waals surface area (Å²) < 4.78 is 5.09. The highest BCUT2D eigenvalue weighted by Crippen LogP contribution is 2.08. The van der Waals surface area contributed by atoms with Gasteiger partial charge in [0.1, 0.15) is 6.61 Å². The fraction of sp³-hybridized carbons (Fsp3) is 0.545. The van der Waals surface area contributed by atoms with Gasteiger partial charge in [-0.2, -0.15) is 10.2 Å². The second-order valence-electron chi connectivity index (χ2n) is 3.26. The van der Waals surface area contributed by atoms with Crippen LogP contribution in [-0.2, 0) is 11.2 Å². The number of carbonyl (C=O) groups excluding carboxylic acids is 1. The highest BCUT2D eigenvalue weighted by molar-refractivity contribution is 5.98. The Labute approximate surface area is 89.7 Å². The van der Waals surface area contributed by atoms with Crippen molar-refractivity contribution >= 4 is 5.78 Å². The molecule has 1 heterocycles. The topological polar surface area (TPSA) is 52.1 Å². The number of ketones is 1. The van der Waals surface area contributed by atoms with Gasteiger partial charge in [0.05, 0.1) is 11.4 Å². The fourth-order valence-corrected chi connectivity index (χ4v) is 1.29. The van der Waals surface area contributed by atoms with Gasteiger partial charge in [-0.15, -0.1) is 0 Å². The van der Waals surface area contributed by atoms with Crippen molar-refractivity contribution in [1.29, 1.82) is 0 Å². The zero-order valence-corrected chi connectivity index (χ0v) is 9.41. The van der Waals surface area contributed by atoms with Gasteiger partial charge >= 0.3 is 0 Å².